The number of benzene rings is 1. The molecule has 6 atom stereocenters. The smallest absolute Gasteiger partial charge is 0.357 e. The zero-order valence-electron chi connectivity index (χ0n) is 21.0. The predicted molar refractivity (Wildman–Crippen MR) is 135 cm³/mol. The number of aryl methyl sites for hydroxylation is 1. The average molecular weight is 544 g/mol. The summed E-state index contributed by atoms with van der Waals surface area (Å²) >= 11 is 0. The number of hydrogen-bond acceptors (Lipinski definition) is 4. The molecule has 37 heavy (non-hydrogen) atoms. The fraction of sp³-hybridized carbons (Fsp3) is 0.630. The fourth-order valence-corrected chi connectivity index (χ4v) is 7.82. The van der Waals surface area contributed by atoms with E-state index in [1.54, 1.807) is 12.1 Å². The SMILES string of the molecule is C[C@]12CCC3c4ccc(NS(=O)(=O)O)cc4CCC3(C=CCCCC[C@@H](O)C(F)=C(F)F)C1CC[C@@H]2O. The minimum Gasteiger partial charge on any atom is -0.393 e. The van der Waals surface area contributed by atoms with Gasteiger partial charge in [-0.05, 0) is 104 Å². The molecule has 0 spiro atoms. The summed E-state index contributed by atoms with van der Waals surface area (Å²) in [5, 5.41) is 20.4. The molecule has 3 aliphatic carbocycles. The van der Waals surface area contributed by atoms with Crippen molar-refractivity contribution >= 4 is 16.0 Å². The first kappa shape index (κ1) is 28.1. The molecule has 1 aromatic rings. The minimum atomic E-state index is -4.36. The van der Waals surface area contributed by atoms with Crippen LogP contribution in [0.1, 0.15) is 81.8 Å². The Morgan fingerprint density at radius 1 is 1.19 bits per heavy atom. The molecular weight excluding hydrogens is 507 g/mol. The van der Waals surface area contributed by atoms with Crippen LogP contribution in [-0.2, 0) is 16.7 Å². The van der Waals surface area contributed by atoms with E-state index in [-0.39, 0.29) is 35.2 Å². The highest BCUT2D eigenvalue weighted by Gasteiger charge is 2.60. The number of unbranched alkanes of at least 4 members (excludes halogenated alkanes) is 2. The lowest BCUT2D eigenvalue weighted by Gasteiger charge is -2.57. The van der Waals surface area contributed by atoms with E-state index < -0.39 is 28.3 Å². The Morgan fingerprint density at radius 3 is 2.65 bits per heavy atom. The van der Waals surface area contributed by atoms with Crippen molar-refractivity contribution in [3.63, 3.8) is 0 Å². The van der Waals surface area contributed by atoms with Gasteiger partial charge in [0, 0.05) is 0 Å². The lowest BCUT2D eigenvalue weighted by Crippen LogP contribution is -2.50. The van der Waals surface area contributed by atoms with E-state index in [1.165, 1.54) is 5.56 Å². The monoisotopic (exact) mass is 543 g/mol. The van der Waals surface area contributed by atoms with Crippen molar-refractivity contribution in [1.29, 1.82) is 0 Å². The van der Waals surface area contributed by atoms with Gasteiger partial charge in [-0.3, -0.25) is 9.27 Å². The molecule has 2 fully saturated rings. The summed E-state index contributed by atoms with van der Waals surface area (Å²) in [6.07, 6.45) is 6.46. The van der Waals surface area contributed by atoms with E-state index in [9.17, 15) is 31.8 Å². The third-order valence-corrected chi connectivity index (χ3v) is 9.64. The average Bonchev–Trinajstić information content (AvgIpc) is 3.14. The van der Waals surface area contributed by atoms with Crippen LogP contribution in [0.15, 0.2) is 42.3 Å². The van der Waals surface area contributed by atoms with Crippen LogP contribution in [0.3, 0.4) is 0 Å². The molecule has 0 aliphatic heterocycles. The maximum absolute atomic E-state index is 13.1. The molecule has 2 saturated carbocycles. The van der Waals surface area contributed by atoms with Gasteiger partial charge in [0.05, 0.1) is 11.8 Å². The number of nitrogens with one attached hydrogen (secondary N) is 1. The maximum Gasteiger partial charge on any atom is 0.357 e. The third kappa shape index (κ3) is 5.62. The molecule has 0 amide bonds. The molecule has 0 heterocycles. The lowest BCUT2D eigenvalue weighted by molar-refractivity contribution is -0.0530. The van der Waals surface area contributed by atoms with Crippen molar-refractivity contribution < 1.29 is 36.4 Å². The first-order chi connectivity index (χ1) is 17.4. The van der Waals surface area contributed by atoms with Gasteiger partial charge in [0.15, 0.2) is 5.83 Å². The fourth-order valence-electron chi connectivity index (χ4n) is 7.40. The number of allylic oxidation sites excluding steroid dienone is 2. The summed E-state index contributed by atoms with van der Waals surface area (Å²) in [7, 11) is -4.36. The van der Waals surface area contributed by atoms with E-state index in [0.29, 0.717) is 24.9 Å². The zero-order chi connectivity index (χ0) is 27.0. The number of hydrogen-bond donors (Lipinski definition) is 4. The quantitative estimate of drug-likeness (QED) is 0.173. The van der Waals surface area contributed by atoms with Gasteiger partial charge in [-0.15, -0.1) is 0 Å². The van der Waals surface area contributed by atoms with Crippen LogP contribution in [0.25, 0.3) is 0 Å². The van der Waals surface area contributed by atoms with E-state index in [2.05, 4.69) is 23.8 Å². The van der Waals surface area contributed by atoms with Crippen molar-refractivity contribution in [1.82, 2.24) is 0 Å². The Kier molecular flexibility index (Phi) is 8.14. The van der Waals surface area contributed by atoms with E-state index in [0.717, 1.165) is 44.1 Å². The van der Waals surface area contributed by atoms with Gasteiger partial charge in [-0.25, -0.2) is 4.39 Å². The highest BCUT2D eigenvalue weighted by Crippen LogP contribution is 2.67. The van der Waals surface area contributed by atoms with Crippen molar-refractivity contribution in [2.75, 3.05) is 4.72 Å². The Morgan fingerprint density at radius 2 is 1.95 bits per heavy atom. The first-order valence-electron chi connectivity index (χ1n) is 13.0. The summed E-state index contributed by atoms with van der Waals surface area (Å²) in [4.78, 5) is 0. The summed E-state index contributed by atoms with van der Waals surface area (Å²) in [6, 6.07) is 5.40. The normalized spacial score (nSPS) is 31.9. The molecule has 0 saturated heterocycles. The van der Waals surface area contributed by atoms with Gasteiger partial charge in [-0.2, -0.15) is 17.2 Å². The highest BCUT2D eigenvalue weighted by atomic mass is 32.2. The molecule has 6 nitrogen and oxygen atoms in total. The van der Waals surface area contributed by atoms with Crippen molar-refractivity contribution in [3.05, 3.63) is 53.4 Å². The summed E-state index contributed by atoms with van der Waals surface area (Å²) in [5.41, 5.74) is 2.17. The van der Waals surface area contributed by atoms with Crippen LogP contribution in [0.5, 0.6) is 0 Å². The molecular formula is C27H36F3NO5S. The first-order valence-corrected chi connectivity index (χ1v) is 14.4. The van der Waals surface area contributed by atoms with Crippen LogP contribution in [0.4, 0.5) is 18.9 Å². The van der Waals surface area contributed by atoms with Crippen molar-refractivity contribution in [2.24, 2.45) is 16.7 Å². The van der Waals surface area contributed by atoms with Gasteiger partial charge in [-0.1, -0.05) is 31.6 Å². The van der Waals surface area contributed by atoms with Crippen LogP contribution < -0.4 is 4.72 Å². The summed E-state index contributed by atoms with van der Waals surface area (Å²) in [6.45, 7) is 2.18. The Balaban J connectivity index is 1.54. The van der Waals surface area contributed by atoms with Gasteiger partial charge < -0.3 is 10.2 Å². The molecule has 3 unspecified atom stereocenters. The number of rotatable bonds is 9. The van der Waals surface area contributed by atoms with E-state index in [4.69, 9.17) is 4.55 Å². The van der Waals surface area contributed by atoms with Gasteiger partial charge in [0.2, 0.25) is 0 Å². The molecule has 4 rings (SSSR count). The summed E-state index contributed by atoms with van der Waals surface area (Å²) < 4.78 is 71.6. The summed E-state index contributed by atoms with van der Waals surface area (Å²) in [5.74, 6) is -1.28. The van der Waals surface area contributed by atoms with Gasteiger partial charge in [0.25, 0.3) is 0 Å². The number of halogens is 3. The van der Waals surface area contributed by atoms with Crippen LogP contribution in [0.2, 0.25) is 0 Å². The minimum absolute atomic E-state index is 0.0645. The van der Waals surface area contributed by atoms with Crippen LogP contribution in [-0.4, -0.2) is 35.4 Å². The molecule has 0 bridgehead atoms. The standard InChI is InChI=1S/C27H36F3NO5S/c1-26-14-12-20-19-8-7-18(31-37(34,35)36)16-17(19)11-15-27(20,22(26)9-10-23(26)33)13-5-3-2-4-6-21(32)24(28)25(29)30/h5,7-8,13,16,20-23,31-33H,2-4,6,9-12,14-15H2,1H3,(H,34,35,36)/t20?,21-,22?,23+,26+,27?/m1/s1. The molecule has 0 aromatic heterocycles. The second kappa shape index (κ2) is 10.7. The largest absolute Gasteiger partial charge is 0.393 e. The van der Waals surface area contributed by atoms with Gasteiger partial charge >= 0.3 is 16.4 Å². The molecule has 3 aliphatic rings. The van der Waals surface area contributed by atoms with E-state index in [1.807, 2.05) is 6.07 Å². The van der Waals surface area contributed by atoms with Crippen molar-refractivity contribution in [2.45, 2.75) is 89.3 Å². The Hall–Kier alpha value is -1.88. The number of aliphatic hydroxyl groups is 2. The van der Waals surface area contributed by atoms with Gasteiger partial charge in [0.1, 0.15) is 6.10 Å². The highest BCUT2D eigenvalue weighted by molar-refractivity contribution is 7.87. The third-order valence-electron chi connectivity index (χ3n) is 9.15. The molecule has 1 aromatic carbocycles. The zero-order valence-corrected chi connectivity index (χ0v) is 21.8. The Labute approximate surface area is 216 Å². The van der Waals surface area contributed by atoms with Crippen LogP contribution in [0, 0.1) is 16.7 Å². The maximum atomic E-state index is 13.1. The second-order valence-corrected chi connectivity index (χ2v) is 12.3. The van der Waals surface area contributed by atoms with Crippen LogP contribution >= 0.6 is 0 Å². The Bertz CT molecular complexity index is 1170. The number of aliphatic hydroxyl groups excluding tert-OH is 2. The number of anilines is 1. The molecule has 4 N–H and O–H groups in total. The molecule has 0 radical (unpaired) electrons. The topological polar surface area (TPSA) is 107 Å². The predicted octanol–water partition coefficient (Wildman–Crippen LogP) is 6.04. The second-order valence-electron chi connectivity index (χ2n) is 11.2. The van der Waals surface area contributed by atoms with Crippen molar-refractivity contribution in [3.8, 4) is 0 Å². The molecule has 206 valence electrons. The van der Waals surface area contributed by atoms with E-state index >= 15 is 0 Å². The lowest BCUT2D eigenvalue weighted by atomic mass is 9.47. The number of fused-ring (bicyclic) bond motifs is 5. The molecule has 10 heteroatoms.